The van der Waals surface area contributed by atoms with E-state index in [1.165, 1.54) is 5.56 Å². The van der Waals surface area contributed by atoms with Gasteiger partial charge in [-0.25, -0.2) is 9.97 Å². The van der Waals surface area contributed by atoms with Gasteiger partial charge in [-0.3, -0.25) is 0 Å². The molecule has 4 rings (SSSR count). The van der Waals surface area contributed by atoms with Crippen LogP contribution in [0.5, 0.6) is 0 Å². The Balaban J connectivity index is 1.64. The lowest BCUT2D eigenvalue weighted by Gasteiger charge is -2.42. The Kier molecular flexibility index (Phi) is 6.49. The molecule has 0 bridgehead atoms. The van der Waals surface area contributed by atoms with E-state index < -0.39 is 0 Å². The number of aryl methyl sites for hydroxylation is 1. The van der Waals surface area contributed by atoms with E-state index in [0.717, 1.165) is 37.4 Å². The molecular weight excluding hydrogens is 431 g/mol. The van der Waals surface area contributed by atoms with Gasteiger partial charge in [-0.15, -0.1) is 0 Å². The first kappa shape index (κ1) is 22.0. The predicted octanol–water partition coefficient (Wildman–Crippen LogP) is 4.75. The molecule has 0 aliphatic carbocycles. The van der Waals surface area contributed by atoms with Gasteiger partial charge in [0.25, 0.3) is 0 Å². The van der Waals surface area contributed by atoms with Crippen molar-refractivity contribution in [2.45, 2.75) is 31.8 Å². The van der Waals surface area contributed by atoms with Crippen LogP contribution >= 0.6 is 23.2 Å². The van der Waals surface area contributed by atoms with Crippen LogP contribution in [0.25, 0.3) is 11.3 Å². The van der Waals surface area contributed by atoms with E-state index >= 15 is 0 Å². The first-order valence-electron chi connectivity index (χ1n) is 10.4. The second-order valence-corrected chi connectivity index (χ2v) is 8.81. The molecule has 0 spiro atoms. The highest BCUT2D eigenvalue weighted by molar-refractivity contribution is 6.43. The molecule has 0 unspecified atom stereocenters. The molecule has 1 aliphatic rings. The number of benzene rings is 2. The molecule has 0 amide bonds. The summed E-state index contributed by atoms with van der Waals surface area (Å²) in [5.41, 5.74) is 10.1. The van der Waals surface area contributed by atoms with Gasteiger partial charge in [0, 0.05) is 30.6 Å². The van der Waals surface area contributed by atoms with Gasteiger partial charge in [0.05, 0.1) is 28.0 Å². The Bertz CT molecular complexity index is 1070. The van der Waals surface area contributed by atoms with Gasteiger partial charge in [-0.2, -0.15) is 0 Å². The summed E-state index contributed by atoms with van der Waals surface area (Å²) in [6, 6.07) is 15.9. The van der Waals surface area contributed by atoms with E-state index in [1.807, 2.05) is 25.1 Å². The molecular formula is C24H26Cl2N4O. The number of aliphatic hydroxyl groups excluding tert-OH is 1. The highest BCUT2D eigenvalue weighted by atomic mass is 35.5. The van der Waals surface area contributed by atoms with Crippen LogP contribution in [0.3, 0.4) is 0 Å². The van der Waals surface area contributed by atoms with Crippen molar-refractivity contribution in [2.75, 3.05) is 24.5 Å². The van der Waals surface area contributed by atoms with Gasteiger partial charge in [-0.1, -0.05) is 65.7 Å². The van der Waals surface area contributed by atoms with Crippen LogP contribution in [0.15, 0.2) is 48.5 Å². The van der Waals surface area contributed by atoms with Crippen LogP contribution in [0.1, 0.15) is 29.8 Å². The van der Waals surface area contributed by atoms with Crippen molar-refractivity contribution in [1.82, 2.24) is 9.97 Å². The maximum Gasteiger partial charge on any atom is 0.153 e. The monoisotopic (exact) mass is 456 g/mol. The molecule has 2 heterocycles. The summed E-state index contributed by atoms with van der Waals surface area (Å²) in [6.45, 7) is 3.90. The van der Waals surface area contributed by atoms with Crippen molar-refractivity contribution in [1.29, 1.82) is 0 Å². The van der Waals surface area contributed by atoms with E-state index in [9.17, 15) is 5.11 Å². The summed E-state index contributed by atoms with van der Waals surface area (Å²) in [5, 5.41) is 11.0. The molecule has 0 atom stereocenters. The molecule has 1 aliphatic heterocycles. The number of nitrogens with two attached hydrogens (primary N) is 1. The summed E-state index contributed by atoms with van der Waals surface area (Å²) < 4.78 is 0. The minimum absolute atomic E-state index is 0.0339. The van der Waals surface area contributed by atoms with Gasteiger partial charge in [0.1, 0.15) is 5.69 Å². The number of nitrogens with zero attached hydrogens (tertiary/aromatic N) is 3. The fraction of sp³-hybridized carbons (Fsp3) is 0.333. The van der Waals surface area contributed by atoms with Crippen LogP contribution in [0.4, 0.5) is 5.82 Å². The van der Waals surface area contributed by atoms with Gasteiger partial charge in [-0.05, 0) is 31.4 Å². The molecule has 5 nitrogen and oxygen atoms in total. The van der Waals surface area contributed by atoms with Crippen molar-refractivity contribution >= 4 is 29.0 Å². The Morgan fingerprint density at radius 1 is 1.03 bits per heavy atom. The number of piperidine rings is 1. The third-order valence-corrected chi connectivity index (χ3v) is 7.09. The Labute approximate surface area is 192 Å². The molecule has 1 fully saturated rings. The third-order valence-electron chi connectivity index (χ3n) is 6.27. The number of hydrogen-bond donors (Lipinski definition) is 2. The quantitative estimate of drug-likeness (QED) is 0.579. The molecule has 0 radical (unpaired) electrons. The molecule has 162 valence electrons. The summed E-state index contributed by atoms with van der Waals surface area (Å²) in [4.78, 5) is 11.8. The second-order valence-electron chi connectivity index (χ2n) is 8.02. The summed E-state index contributed by atoms with van der Waals surface area (Å²) >= 11 is 12.6. The maximum atomic E-state index is 10.1. The number of anilines is 1. The minimum Gasteiger partial charge on any atom is -0.390 e. The van der Waals surface area contributed by atoms with Crippen molar-refractivity contribution in [3.05, 3.63) is 75.5 Å². The molecule has 3 aromatic rings. The standard InChI is InChI=1S/C24H26Cl2N4O/c1-16-22(18-8-5-9-19(25)21(18)26)29-20(14-31)23(28-16)30-12-10-24(15-27,11-13-30)17-6-3-2-4-7-17/h2-9,31H,10-15,27H2,1H3. The highest BCUT2D eigenvalue weighted by Crippen LogP contribution is 2.38. The number of aromatic nitrogens is 2. The number of halogens is 2. The SMILES string of the molecule is Cc1nc(N2CCC(CN)(c3ccccc3)CC2)c(CO)nc1-c1cccc(Cl)c1Cl. The smallest absolute Gasteiger partial charge is 0.153 e. The van der Waals surface area contributed by atoms with Gasteiger partial charge >= 0.3 is 0 Å². The lowest BCUT2D eigenvalue weighted by atomic mass is 9.73. The molecule has 7 heteroatoms. The Morgan fingerprint density at radius 2 is 1.74 bits per heavy atom. The van der Waals surface area contributed by atoms with Crippen LogP contribution in [-0.4, -0.2) is 34.7 Å². The van der Waals surface area contributed by atoms with E-state index in [1.54, 1.807) is 6.07 Å². The topological polar surface area (TPSA) is 75.3 Å². The average molecular weight is 457 g/mol. The zero-order valence-electron chi connectivity index (χ0n) is 17.5. The van der Waals surface area contributed by atoms with E-state index in [-0.39, 0.29) is 12.0 Å². The molecule has 31 heavy (non-hydrogen) atoms. The lowest BCUT2D eigenvalue weighted by molar-refractivity contribution is 0.275. The van der Waals surface area contributed by atoms with Crippen molar-refractivity contribution in [2.24, 2.45) is 5.73 Å². The Hall–Kier alpha value is -2.18. The lowest BCUT2D eigenvalue weighted by Crippen LogP contribution is -2.47. The zero-order chi connectivity index (χ0) is 22.0. The third kappa shape index (κ3) is 4.15. The number of hydrogen-bond acceptors (Lipinski definition) is 5. The van der Waals surface area contributed by atoms with Gasteiger partial charge in [0.15, 0.2) is 5.82 Å². The van der Waals surface area contributed by atoms with E-state index in [2.05, 4.69) is 29.2 Å². The molecule has 1 saturated heterocycles. The van der Waals surface area contributed by atoms with Crippen LogP contribution in [-0.2, 0) is 12.0 Å². The molecule has 0 saturated carbocycles. The zero-order valence-corrected chi connectivity index (χ0v) is 19.0. The fourth-order valence-corrected chi connectivity index (χ4v) is 4.78. The van der Waals surface area contributed by atoms with Crippen molar-refractivity contribution < 1.29 is 5.11 Å². The molecule has 1 aromatic heterocycles. The second kappa shape index (κ2) is 9.13. The molecule has 3 N–H and O–H groups in total. The predicted molar refractivity (Wildman–Crippen MR) is 127 cm³/mol. The normalized spacial score (nSPS) is 15.8. The summed E-state index contributed by atoms with van der Waals surface area (Å²) in [5.74, 6) is 0.723. The first-order valence-corrected chi connectivity index (χ1v) is 11.2. The van der Waals surface area contributed by atoms with Gasteiger partial charge < -0.3 is 15.7 Å². The average Bonchev–Trinajstić information content (AvgIpc) is 2.81. The van der Waals surface area contributed by atoms with E-state index in [4.69, 9.17) is 38.9 Å². The first-order chi connectivity index (χ1) is 15.0. The van der Waals surface area contributed by atoms with Gasteiger partial charge in [0.2, 0.25) is 0 Å². The maximum absolute atomic E-state index is 10.1. The molecule has 2 aromatic carbocycles. The number of rotatable bonds is 5. The van der Waals surface area contributed by atoms with Crippen molar-refractivity contribution in [3.8, 4) is 11.3 Å². The van der Waals surface area contributed by atoms with Crippen LogP contribution < -0.4 is 10.6 Å². The fourth-order valence-electron chi connectivity index (χ4n) is 4.39. The number of aliphatic hydroxyl groups is 1. The summed E-state index contributed by atoms with van der Waals surface area (Å²) in [7, 11) is 0. The largest absolute Gasteiger partial charge is 0.390 e. The van der Waals surface area contributed by atoms with Crippen molar-refractivity contribution in [3.63, 3.8) is 0 Å². The minimum atomic E-state index is -0.203. The Morgan fingerprint density at radius 3 is 2.39 bits per heavy atom. The summed E-state index contributed by atoms with van der Waals surface area (Å²) in [6.07, 6.45) is 1.84. The highest BCUT2D eigenvalue weighted by Gasteiger charge is 2.36. The van der Waals surface area contributed by atoms with E-state index in [0.29, 0.717) is 33.5 Å². The van der Waals surface area contributed by atoms with Crippen LogP contribution in [0.2, 0.25) is 10.0 Å². The van der Waals surface area contributed by atoms with Crippen LogP contribution in [0, 0.1) is 6.92 Å².